The minimum absolute atomic E-state index is 0.0320. The van der Waals surface area contributed by atoms with Crippen molar-refractivity contribution in [2.45, 2.75) is 62.8 Å². The van der Waals surface area contributed by atoms with Crippen LogP contribution in [0.3, 0.4) is 0 Å². The number of piperidine rings is 1. The molecule has 2 aliphatic rings. The summed E-state index contributed by atoms with van der Waals surface area (Å²) in [6, 6.07) is 1.92. The van der Waals surface area contributed by atoms with Crippen LogP contribution in [0, 0.1) is 5.92 Å². The molecule has 2 heterocycles. The van der Waals surface area contributed by atoms with E-state index in [1.807, 2.05) is 0 Å². The lowest BCUT2D eigenvalue weighted by Crippen LogP contribution is -2.41. The summed E-state index contributed by atoms with van der Waals surface area (Å²) < 4.78 is 31.8. The highest BCUT2D eigenvalue weighted by Gasteiger charge is 2.37. The van der Waals surface area contributed by atoms with E-state index in [0.717, 1.165) is 31.6 Å². The van der Waals surface area contributed by atoms with E-state index in [1.54, 1.807) is 0 Å². The van der Waals surface area contributed by atoms with E-state index >= 15 is 0 Å². The number of nitrogens with one attached hydrogen (secondary N) is 1. The van der Waals surface area contributed by atoms with Crippen molar-refractivity contribution in [3.8, 4) is 0 Å². The summed E-state index contributed by atoms with van der Waals surface area (Å²) in [4.78, 5) is 13.6. The zero-order chi connectivity index (χ0) is 15.7. The van der Waals surface area contributed by atoms with Crippen LogP contribution in [0.25, 0.3) is 0 Å². The Kier molecular flexibility index (Phi) is 4.39. The van der Waals surface area contributed by atoms with Crippen molar-refractivity contribution < 1.29 is 13.3 Å². The maximum atomic E-state index is 13.3. The van der Waals surface area contributed by atoms with Gasteiger partial charge in [-0.05, 0) is 51.6 Å². The van der Waals surface area contributed by atoms with Crippen LogP contribution in [0.2, 0.25) is 0 Å². The summed E-state index contributed by atoms with van der Waals surface area (Å²) in [6.07, 6.45) is 4.19. The smallest absolute Gasteiger partial charge is 0.280 e. The van der Waals surface area contributed by atoms with Crippen molar-refractivity contribution in [1.82, 2.24) is 10.1 Å². The van der Waals surface area contributed by atoms with Crippen LogP contribution in [0.4, 0.5) is 8.78 Å². The molecule has 0 spiro atoms. The highest BCUT2D eigenvalue weighted by atomic mass is 19.3. The van der Waals surface area contributed by atoms with Crippen LogP contribution in [0.15, 0.2) is 15.4 Å². The zero-order valence-corrected chi connectivity index (χ0v) is 13.0. The normalized spacial score (nSPS) is 30.5. The molecule has 1 aliphatic heterocycles. The third kappa shape index (κ3) is 3.59. The molecule has 1 aromatic rings. The van der Waals surface area contributed by atoms with Gasteiger partial charge in [0, 0.05) is 30.9 Å². The Hall–Kier alpha value is -1.17. The Morgan fingerprint density at radius 2 is 2.09 bits per heavy atom. The predicted octanol–water partition coefficient (Wildman–Crippen LogP) is 3.36. The molecule has 1 N–H and O–H groups in total. The first-order valence-corrected chi connectivity index (χ1v) is 8.19. The number of halogens is 2. The van der Waals surface area contributed by atoms with Crippen LogP contribution in [-0.2, 0) is 0 Å². The summed E-state index contributed by atoms with van der Waals surface area (Å²) in [5.41, 5.74) is -0.194. The van der Waals surface area contributed by atoms with Gasteiger partial charge in [-0.25, -0.2) is 8.78 Å². The number of nitrogens with zero attached hydrogens (tertiary/aromatic N) is 1. The Morgan fingerprint density at radius 3 is 2.73 bits per heavy atom. The van der Waals surface area contributed by atoms with Crippen molar-refractivity contribution in [2.24, 2.45) is 5.92 Å². The Morgan fingerprint density at radius 1 is 1.36 bits per heavy atom. The molecule has 22 heavy (non-hydrogen) atoms. The van der Waals surface area contributed by atoms with Gasteiger partial charge < -0.3 is 9.42 Å². The zero-order valence-electron chi connectivity index (χ0n) is 13.0. The van der Waals surface area contributed by atoms with E-state index in [4.69, 9.17) is 4.52 Å². The molecule has 1 saturated carbocycles. The van der Waals surface area contributed by atoms with Crippen molar-refractivity contribution in [1.29, 1.82) is 0 Å². The lowest BCUT2D eigenvalue weighted by Gasteiger charge is -2.39. The SMILES string of the molecule is CN1CCC(c2cc(=O)[nH]o2)CC1CC1CCC(F)(F)CC1. The van der Waals surface area contributed by atoms with Gasteiger partial charge in [0.1, 0.15) is 5.76 Å². The van der Waals surface area contributed by atoms with Crippen LogP contribution in [0.5, 0.6) is 0 Å². The van der Waals surface area contributed by atoms with E-state index in [-0.39, 0.29) is 24.3 Å². The maximum absolute atomic E-state index is 13.3. The number of H-pyrrole nitrogens is 1. The van der Waals surface area contributed by atoms with Crippen LogP contribution in [-0.4, -0.2) is 35.6 Å². The fraction of sp³-hybridized carbons (Fsp3) is 0.812. The number of likely N-dealkylation sites (tertiary alicyclic amines) is 1. The van der Waals surface area contributed by atoms with E-state index in [9.17, 15) is 13.6 Å². The second kappa shape index (κ2) is 6.14. The molecule has 1 aromatic heterocycles. The maximum Gasteiger partial charge on any atom is 0.280 e. The average Bonchev–Trinajstić information content (AvgIpc) is 2.90. The molecular weight excluding hydrogens is 290 g/mol. The molecule has 1 aliphatic carbocycles. The number of alkyl halides is 2. The first-order valence-electron chi connectivity index (χ1n) is 8.19. The molecule has 2 atom stereocenters. The van der Waals surface area contributed by atoms with Gasteiger partial charge >= 0.3 is 0 Å². The molecule has 124 valence electrons. The highest BCUT2D eigenvalue weighted by molar-refractivity contribution is 5.05. The van der Waals surface area contributed by atoms with Gasteiger partial charge in [0.05, 0.1) is 0 Å². The number of rotatable bonds is 3. The van der Waals surface area contributed by atoms with Crippen molar-refractivity contribution in [3.63, 3.8) is 0 Å². The molecule has 6 heteroatoms. The molecule has 0 bridgehead atoms. The van der Waals surface area contributed by atoms with Gasteiger partial charge in [0.25, 0.3) is 5.56 Å². The highest BCUT2D eigenvalue weighted by Crippen LogP contribution is 2.40. The second-order valence-corrected chi connectivity index (χ2v) is 7.01. The molecule has 0 radical (unpaired) electrons. The molecule has 4 nitrogen and oxygen atoms in total. The lowest BCUT2D eigenvalue weighted by molar-refractivity contribution is -0.0495. The largest absolute Gasteiger partial charge is 0.383 e. The third-order valence-electron chi connectivity index (χ3n) is 5.40. The number of aromatic amines is 1. The summed E-state index contributed by atoms with van der Waals surface area (Å²) in [5, 5.41) is 2.35. The minimum atomic E-state index is -2.45. The molecule has 2 unspecified atom stereocenters. The molecule has 0 amide bonds. The van der Waals surface area contributed by atoms with E-state index in [0.29, 0.717) is 24.8 Å². The Bertz CT molecular complexity index is 544. The van der Waals surface area contributed by atoms with Crippen LogP contribution in [0.1, 0.15) is 56.6 Å². The van der Waals surface area contributed by atoms with Crippen LogP contribution >= 0.6 is 0 Å². The van der Waals surface area contributed by atoms with Gasteiger partial charge in [0.15, 0.2) is 0 Å². The van der Waals surface area contributed by atoms with Gasteiger partial charge in [-0.1, -0.05) is 0 Å². The summed E-state index contributed by atoms with van der Waals surface area (Å²) in [7, 11) is 2.10. The quantitative estimate of drug-likeness (QED) is 0.930. The predicted molar refractivity (Wildman–Crippen MR) is 79.2 cm³/mol. The Balaban J connectivity index is 1.59. The fourth-order valence-corrected chi connectivity index (χ4v) is 3.92. The summed E-state index contributed by atoms with van der Waals surface area (Å²) in [6.45, 7) is 0.951. The van der Waals surface area contributed by atoms with E-state index in [2.05, 4.69) is 17.1 Å². The van der Waals surface area contributed by atoms with Crippen molar-refractivity contribution in [3.05, 3.63) is 22.2 Å². The second-order valence-electron chi connectivity index (χ2n) is 7.01. The summed E-state index contributed by atoms with van der Waals surface area (Å²) >= 11 is 0. The number of hydrogen-bond donors (Lipinski definition) is 1. The topological polar surface area (TPSA) is 49.2 Å². The minimum Gasteiger partial charge on any atom is -0.383 e. The van der Waals surface area contributed by atoms with Gasteiger partial charge in [-0.15, -0.1) is 0 Å². The van der Waals surface area contributed by atoms with Gasteiger partial charge in [0.2, 0.25) is 5.92 Å². The monoisotopic (exact) mass is 314 g/mol. The first kappa shape index (κ1) is 15.7. The van der Waals surface area contributed by atoms with Crippen LogP contribution < -0.4 is 5.56 Å². The first-order chi connectivity index (χ1) is 10.4. The van der Waals surface area contributed by atoms with E-state index < -0.39 is 5.92 Å². The summed E-state index contributed by atoms with van der Waals surface area (Å²) in [5.74, 6) is -1.07. The van der Waals surface area contributed by atoms with Crippen molar-refractivity contribution >= 4 is 0 Å². The third-order valence-corrected chi connectivity index (χ3v) is 5.40. The molecule has 0 aromatic carbocycles. The molecule has 1 saturated heterocycles. The van der Waals surface area contributed by atoms with E-state index in [1.165, 1.54) is 6.07 Å². The van der Waals surface area contributed by atoms with Crippen molar-refractivity contribution in [2.75, 3.05) is 13.6 Å². The fourth-order valence-electron chi connectivity index (χ4n) is 3.92. The lowest BCUT2D eigenvalue weighted by atomic mass is 9.79. The van der Waals surface area contributed by atoms with Gasteiger partial charge in [-0.2, -0.15) is 5.16 Å². The number of aromatic nitrogens is 1. The average molecular weight is 314 g/mol. The van der Waals surface area contributed by atoms with Gasteiger partial charge in [-0.3, -0.25) is 4.79 Å². The molecular formula is C16H24F2N2O2. The molecule has 2 fully saturated rings. The standard InChI is InChI=1S/C16H24F2N2O2/c1-20-7-4-12(14-10-15(21)19-22-14)9-13(20)8-11-2-5-16(17,18)6-3-11/h10-13H,2-9H2,1H3,(H,19,21). The Labute approximate surface area is 128 Å². The number of hydrogen-bond acceptors (Lipinski definition) is 3. The molecule has 3 rings (SSSR count).